The third-order valence-electron chi connectivity index (χ3n) is 4.98. The van der Waals surface area contributed by atoms with Gasteiger partial charge in [0.15, 0.2) is 5.96 Å². The molecule has 1 aromatic carbocycles. The molecule has 0 aliphatic heterocycles. The summed E-state index contributed by atoms with van der Waals surface area (Å²) in [5.74, 6) is 0.930. The van der Waals surface area contributed by atoms with Crippen molar-refractivity contribution in [3.8, 4) is 0 Å². The number of hydrogen-bond acceptors (Lipinski definition) is 2. The first-order chi connectivity index (χ1) is 11.7. The average molecular weight is 345 g/mol. The van der Waals surface area contributed by atoms with Crippen LogP contribution in [0.25, 0.3) is 10.9 Å². The number of H-pyrrole nitrogens is 1. The van der Waals surface area contributed by atoms with Crippen molar-refractivity contribution in [2.24, 2.45) is 4.99 Å². The largest absolute Gasteiger partial charge is 0.358 e. The molecular formula is C19H28N4S. The molecule has 2 aromatic rings. The van der Waals surface area contributed by atoms with Crippen molar-refractivity contribution < 1.29 is 0 Å². The summed E-state index contributed by atoms with van der Waals surface area (Å²) >= 11 is 1.99. The Hall–Kier alpha value is -1.62. The van der Waals surface area contributed by atoms with E-state index in [0.29, 0.717) is 6.04 Å². The molecule has 1 aromatic heterocycles. The molecule has 1 aliphatic rings. The molecule has 4 nitrogen and oxygen atoms in total. The SMILES string of the molecule is CN=C(NCCc1c(C)[nH]c2ccccc12)NC1CCC(SC)C1. The van der Waals surface area contributed by atoms with Crippen LogP contribution >= 0.6 is 11.8 Å². The molecule has 2 atom stereocenters. The van der Waals surface area contributed by atoms with Crippen molar-refractivity contribution in [1.82, 2.24) is 15.6 Å². The Morgan fingerprint density at radius 3 is 2.92 bits per heavy atom. The van der Waals surface area contributed by atoms with E-state index in [9.17, 15) is 0 Å². The fourth-order valence-electron chi connectivity index (χ4n) is 3.64. The second-order valence-electron chi connectivity index (χ2n) is 6.54. The number of aromatic amines is 1. The zero-order valence-electron chi connectivity index (χ0n) is 14.9. The van der Waals surface area contributed by atoms with Gasteiger partial charge in [-0.25, -0.2) is 0 Å². The van der Waals surface area contributed by atoms with E-state index in [2.05, 4.69) is 58.1 Å². The highest BCUT2D eigenvalue weighted by Gasteiger charge is 2.24. The molecule has 2 unspecified atom stereocenters. The first-order valence-corrected chi connectivity index (χ1v) is 10.1. The van der Waals surface area contributed by atoms with Gasteiger partial charge in [0, 0.05) is 41.5 Å². The van der Waals surface area contributed by atoms with Gasteiger partial charge in [-0.05, 0) is 50.5 Å². The van der Waals surface area contributed by atoms with E-state index in [-0.39, 0.29) is 0 Å². The van der Waals surface area contributed by atoms with E-state index in [1.165, 1.54) is 41.4 Å². The summed E-state index contributed by atoms with van der Waals surface area (Å²) in [5, 5.41) is 9.19. The molecule has 5 heteroatoms. The van der Waals surface area contributed by atoms with Crippen LogP contribution in [0.5, 0.6) is 0 Å². The van der Waals surface area contributed by atoms with Gasteiger partial charge in [-0.3, -0.25) is 4.99 Å². The molecule has 1 saturated carbocycles. The van der Waals surface area contributed by atoms with Gasteiger partial charge in [0.25, 0.3) is 0 Å². The minimum absolute atomic E-state index is 0.559. The Balaban J connectivity index is 1.54. The van der Waals surface area contributed by atoms with Crippen molar-refractivity contribution in [2.75, 3.05) is 19.8 Å². The fourth-order valence-corrected chi connectivity index (χ4v) is 4.43. The van der Waals surface area contributed by atoms with E-state index < -0.39 is 0 Å². The molecule has 1 heterocycles. The minimum Gasteiger partial charge on any atom is -0.358 e. The lowest BCUT2D eigenvalue weighted by Crippen LogP contribution is -2.43. The van der Waals surface area contributed by atoms with Crippen LogP contribution in [0.1, 0.15) is 30.5 Å². The zero-order chi connectivity index (χ0) is 16.9. The highest BCUT2D eigenvalue weighted by Crippen LogP contribution is 2.28. The topological polar surface area (TPSA) is 52.2 Å². The summed E-state index contributed by atoms with van der Waals surface area (Å²) in [4.78, 5) is 7.86. The molecule has 1 aliphatic carbocycles. The smallest absolute Gasteiger partial charge is 0.191 e. The van der Waals surface area contributed by atoms with Crippen LogP contribution in [0.2, 0.25) is 0 Å². The number of benzene rings is 1. The van der Waals surface area contributed by atoms with Crippen LogP contribution in [-0.2, 0) is 6.42 Å². The number of aromatic nitrogens is 1. The molecule has 3 rings (SSSR count). The van der Waals surface area contributed by atoms with Gasteiger partial charge in [0.1, 0.15) is 0 Å². The van der Waals surface area contributed by atoms with Crippen LogP contribution < -0.4 is 10.6 Å². The predicted octanol–water partition coefficient (Wildman–Crippen LogP) is 3.47. The van der Waals surface area contributed by atoms with E-state index in [1.54, 1.807) is 0 Å². The van der Waals surface area contributed by atoms with Crippen LogP contribution in [0.15, 0.2) is 29.3 Å². The first-order valence-electron chi connectivity index (χ1n) is 8.77. The molecule has 1 fully saturated rings. The van der Waals surface area contributed by atoms with Crippen molar-refractivity contribution >= 4 is 28.6 Å². The average Bonchev–Trinajstić information content (AvgIpc) is 3.18. The number of hydrogen-bond donors (Lipinski definition) is 3. The lowest BCUT2D eigenvalue weighted by molar-refractivity contribution is 0.614. The van der Waals surface area contributed by atoms with Crippen LogP contribution in [-0.4, -0.2) is 42.1 Å². The standard InChI is InChI=1S/C19H28N4S/c1-13-16(17-6-4-5-7-18(17)22-13)10-11-21-19(20-2)23-14-8-9-15(12-14)24-3/h4-7,14-15,22H,8-12H2,1-3H3,(H2,20,21,23). The van der Waals surface area contributed by atoms with Crippen molar-refractivity contribution in [1.29, 1.82) is 0 Å². The lowest BCUT2D eigenvalue weighted by Gasteiger charge is -2.17. The second kappa shape index (κ2) is 7.97. The first kappa shape index (κ1) is 17.2. The molecule has 130 valence electrons. The normalized spacial score (nSPS) is 21.4. The number of thioether (sulfide) groups is 1. The van der Waals surface area contributed by atoms with Gasteiger partial charge in [0.05, 0.1) is 0 Å². The van der Waals surface area contributed by atoms with Crippen LogP contribution in [0.4, 0.5) is 0 Å². The Bertz CT molecular complexity index is 706. The lowest BCUT2D eigenvalue weighted by atomic mass is 10.1. The zero-order valence-corrected chi connectivity index (χ0v) is 15.7. The number of nitrogens with one attached hydrogen (secondary N) is 3. The fraction of sp³-hybridized carbons (Fsp3) is 0.526. The van der Waals surface area contributed by atoms with E-state index in [1.807, 2.05) is 18.8 Å². The van der Waals surface area contributed by atoms with E-state index in [4.69, 9.17) is 0 Å². The molecule has 0 spiro atoms. The quantitative estimate of drug-likeness (QED) is 0.575. The maximum atomic E-state index is 4.39. The second-order valence-corrected chi connectivity index (χ2v) is 7.67. The third kappa shape index (κ3) is 3.89. The van der Waals surface area contributed by atoms with Gasteiger partial charge < -0.3 is 15.6 Å². The molecule has 0 radical (unpaired) electrons. The van der Waals surface area contributed by atoms with Crippen molar-refractivity contribution in [2.45, 2.75) is 43.9 Å². The van der Waals surface area contributed by atoms with E-state index in [0.717, 1.165) is 24.2 Å². The summed E-state index contributed by atoms with van der Waals surface area (Å²) < 4.78 is 0. The van der Waals surface area contributed by atoms with Gasteiger partial charge in [-0.1, -0.05) is 18.2 Å². The summed E-state index contributed by atoms with van der Waals surface area (Å²) in [5.41, 5.74) is 3.89. The number of aliphatic imine (C=N–C) groups is 1. The minimum atomic E-state index is 0.559. The summed E-state index contributed by atoms with van der Waals surface area (Å²) in [7, 11) is 1.85. The number of nitrogens with zero attached hydrogens (tertiary/aromatic N) is 1. The summed E-state index contributed by atoms with van der Waals surface area (Å²) in [6.45, 7) is 3.05. The maximum absolute atomic E-state index is 4.39. The molecule has 0 amide bonds. The summed E-state index contributed by atoms with van der Waals surface area (Å²) in [6.07, 6.45) is 7.00. The molecule has 0 bridgehead atoms. The highest BCUT2D eigenvalue weighted by atomic mass is 32.2. The molecule has 24 heavy (non-hydrogen) atoms. The Morgan fingerprint density at radius 1 is 1.33 bits per heavy atom. The van der Waals surface area contributed by atoms with Gasteiger partial charge >= 0.3 is 0 Å². The highest BCUT2D eigenvalue weighted by molar-refractivity contribution is 7.99. The van der Waals surface area contributed by atoms with Gasteiger partial charge in [-0.2, -0.15) is 11.8 Å². The number of rotatable bonds is 5. The van der Waals surface area contributed by atoms with E-state index >= 15 is 0 Å². The molecule has 0 saturated heterocycles. The Morgan fingerprint density at radius 2 is 2.17 bits per heavy atom. The van der Waals surface area contributed by atoms with Gasteiger partial charge in [-0.15, -0.1) is 0 Å². The number of aryl methyl sites for hydroxylation is 1. The number of guanidine groups is 1. The third-order valence-corrected chi connectivity index (χ3v) is 6.07. The van der Waals surface area contributed by atoms with Crippen molar-refractivity contribution in [3.63, 3.8) is 0 Å². The molecule has 3 N–H and O–H groups in total. The predicted molar refractivity (Wildman–Crippen MR) is 106 cm³/mol. The monoisotopic (exact) mass is 344 g/mol. The van der Waals surface area contributed by atoms with Crippen LogP contribution in [0.3, 0.4) is 0 Å². The van der Waals surface area contributed by atoms with Gasteiger partial charge in [0.2, 0.25) is 0 Å². The summed E-state index contributed by atoms with van der Waals surface area (Å²) in [6, 6.07) is 9.08. The maximum Gasteiger partial charge on any atom is 0.191 e. The molecular weight excluding hydrogens is 316 g/mol. The Kier molecular flexibility index (Phi) is 5.72. The van der Waals surface area contributed by atoms with Crippen LogP contribution in [0, 0.1) is 6.92 Å². The number of fused-ring (bicyclic) bond motifs is 1. The Labute approximate surface area is 148 Å². The van der Waals surface area contributed by atoms with Crippen molar-refractivity contribution in [3.05, 3.63) is 35.5 Å². The number of para-hydroxylation sites is 1.